The van der Waals surface area contributed by atoms with Gasteiger partial charge in [0.05, 0.1) is 11.7 Å². The lowest BCUT2D eigenvalue weighted by Gasteiger charge is -2.30. The van der Waals surface area contributed by atoms with Crippen molar-refractivity contribution in [2.75, 3.05) is 19.6 Å². The summed E-state index contributed by atoms with van der Waals surface area (Å²) < 4.78 is 0. The maximum Gasteiger partial charge on any atom is 0.223 e. The van der Waals surface area contributed by atoms with Crippen molar-refractivity contribution in [2.45, 2.75) is 25.4 Å². The molecule has 7 nitrogen and oxygen atoms in total. The molecule has 1 amide bonds. The quantitative estimate of drug-likeness (QED) is 0.685. The molecule has 154 valence electrons. The summed E-state index contributed by atoms with van der Waals surface area (Å²) in [4.78, 5) is 26.2. The molecule has 0 saturated carbocycles. The molecule has 0 bridgehead atoms. The van der Waals surface area contributed by atoms with E-state index in [-0.39, 0.29) is 11.9 Å². The lowest BCUT2D eigenvalue weighted by Crippen LogP contribution is -2.35. The summed E-state index contributed by atoms with van der Waals surface area (Å²) in [6.07, 6.45) is 7.99. The van der Waals surface area contributed by atoms with E-state index in [4.69, 9.17) is 0 Å². The number of nitrogens with one attached hydrogen (secondary N) is 1. The number of H-pyrrole nitrogens is 1. The van der Waals surface area contributed by atoms with Crippen LogP contribution >= 0.6 is 0 Å². The van der Waals surface area contributed by atoms with Crippen molar-refractivity contribution in [3.63, 3.8) is 0 Å². The molecular weight excluding hydrogens is 376 g/mol. The van der Waals surface area contributed by atoms with Gasteiger partial charge in [0, 0.05) is 69.0 Å². The van der Waals surface area contributed by atoms with Crippen LogP contribution in [-0.4, -0.2) is 55.5 Å². The number of hydrogen-bond donors (Lipinski definition) is 1. The third-order valence-corrected chi connectivity index (χ3v) is 6.37. The Bertz CT molecular complexity index is 962. The Hall–Kier alpha value is -3.06. The molecule has 30 heavy (non-hydrogen) atoms. The van der Waals surface area contributed by atoms with Crippen molar-refractivity contribution in [3.8, 4) is 0 Å². The van der Waals surface area contributed by atoms with Crippen LogP contribution < -0.4 is 0 Å². The first kappa shape index (κ1) is 18.9. The fourth-order valence-corrected chi connectivity index (χ4v) is 5.05. The van der Waals surface area contributed by atoms with E-state index in [2.05, 4.69) is 54.2 Å². The SMILES string of the molecule is O=C(CCc1cnccn1)N1C[C@@H]2CN(Cc3ccn[nH]3)C[C@@H]2[C@H]1c1ccccc1. The molecule has 0 radical (unpaired) electrons. The van der Waals surface area contributed by atoms with Crippen LogP contribution in [0, 0.1) is 11.8 Å². The minimum Gasteiger partial charge on any atom is -0.335 e. The summed E-state index contributed by atoms with van der Waals surface area (Å²) in [6, 6.07) is 12.7. The minimum absolute atomic E-state index is 0.136. The summed E-state index contributed by atoms with van der Waals surface area (Å²) in [6.45, 7) is 3.72. The van der Waals surface area contributed by atoms with E-state index >= 15 is 0 Å². The average molecular weight is 403 g/mol. The van der Waals surface area contributed by atoms with E-state index in [0.717, 1.165) is 37.6 Å². The highest BCUT2D eigenvalue weighted by molar-refractivity contribution is 5.77. The highest BCUT2D eigenvalue weighted by Gasteiger charge is 2.48. The third kappa shape index (κ3) is 3.85. The number of aromatic amines is 1. The summed E-state index contributed by atoms with van der Waals surface area (Å²) in [5.74, 6) is 1.17. The monoisotopic (exact) mass is 402 g/mol. The number of aromatic nitrogens is 4. The second-order valence-corrected chi connectivity index (χ2v) is 8.30. The van der Waals surface area contributed by atoms with Crippen molar-refractivity contribution in [1.82, 2.24) is 30.0 Å². The van der Waals surface area contributed by atoms with Gasteiger partial charge in [-0.1, -0.05) is 30.3 Å². The molecule has 0 aliphatic carbocycles. The van der Waals surface area contributed by atoms with E-state index in [1.54, 1.807) is 24.8 Å². The number of benzene rings is 1. The van der Waals surface area contributed by atoms with Gasteiger partial charge in [-0.15, -0.1) is 0 Å². The van der Waals surface area contributed by atoms with Crippen LogP contribution in [0.3, 0.4) is 0 Å². The zero-order chi connectivity index (χ0) is 20.3. The van der Waals surface area contributed by atoms with Gasteiger partial charge in [0.15, 0.2) is 0 Å². The van der Waals surface area contributed by atoms with Gasteiger partial charge in [-0.2, -0.15) is 5.10 Å². The number of likely N-dealkylation sites (tertiary alicyclic amines) is 2. The lowest BCUT2D eigenvalue weighted by molar-refractivity contribution is -0.132. The maximum atomic E-state index is 13.2. The number of carbonyl (C=O) groups is 1. The molecule has 3 atom stereocenters. The number of carbonyl (C=O) groups excluding carboxylic acids is 1. The largest absolute Gasteiger partial charge is 0.335 e. The van der Waals surface area contributed by atoms with Crippen molar-refractivity contribution in [1.29, 1.82) is 0 Å². The van der Waals surface area contributed by atoms with E-state index in [0.29, 0.717) is 24.7 Å². The molecule has 7 heteroatoms. The topological polar surface area (TPSA) is 78.0 Å². The zero-order valence-electron chi connectivity index (χ0n) is 16.9. The minimum atomic E-state index is 0.136. The van der Waals surface area contributed by atoms with Crippen LogP contribution in [0.5, 0.6) is 0 Å². The molecule has 2 aromatic heterocycles. The summed E-state index contributed by atoms with van der Waals surface area (Å²) in [7, 11) is 0. The Morgan fingerprint density at radius 2 is 1.97 bits per heavy atom. The molecule has 1 aromatic carbocycles. The summed E-state index contributed by atoms with van der Waals surface area (Å²) in [5, 5.41) is 7.13. The summed E-state index contributed by atoms with van der Waals surface area (Å²) >= 11 is 0. The molecular formula is C23H26N6O. The predicted octanol–water partition coefficient (Wildman–Crippen LogP) is 2.46. The first-order chi connectivity index (χ1) is 14.8. The molecule has 0 spiro atoms. The van der Waals surface area contributed by atoms with E-state index in [1.807, 2.05) is 12.1 Å². The van der Waals surface area contributed by atoms with Gasteiger partial charge in [-0.05, 0) is 24.0 Å². The number of rotatable bonds is 6. The fraction of sp³-hybridized carbons (Fsp3) is 0.391. The van der Waals surface area contributed by atoms with Gasteiger partial charge in [0.2, 0.25) is 5.91 Å². The molecule has 3 aromatic rings. The molecule has 1 N–H and O–H groups in total. The van der Waals surface area contributed by atoms with Crippen molar-refractivity contribution in [2.24, 2.45) is 11.8 Å². The molecule has 2 aliphatic heterocycles. The number of nitrogens with zero attached hydrogens (tertiary/aromatic N) is 5. The van der Waals surface area contributed by atoms with Crippen LogP contribution in [0.25, 0.3) is 0 Å². The molecule has 0 unspecified atom stereocenters. The highest BCUT2D eigenvalue weighted by Crippen LogP contribution is 2.45. The Labute approximate surface area is 176 Å². The number of fused-ring (bicyclic) bond motifs is 1. The van der Waals surface area contributed by atoms with Crippen molar-refractivity contribution in [3.05, 3.63) is 78.1 Å². The van der Waals surface area contributed by atoms with Crippen LogP contribution in [0.1, 0.15) is 29.4 Å². The highest BCUT2D eigenvalue weighted by atomic mass is 16.2. The average Bonchev–Trinajstić information content (AvgIpc) is 3.50. The van der Waals surface area contributed by atoms with Gasteiger partial charge in [0.25, 0.3) is 0 Å². The lowest BCUT2D eigenvalue weighted by atomic mass is 9.89. The number of amides is 1. The van der Waals surface area contributed by atoms with Crippen molar-refractivity contribution < 1.29 is 4.79 Å². The second-order valence-electron chi connectivity index (χ2n) is 8.30. The standard InChI is InChI=1S/C23H26N6O/c30-22(7-6-19-12-24-10-11-25-19)29-14-18-13-28(15-20-8-9-26-27-20)16-21(18)23(29)17-4-2-1-3-5-17/h1-5,8-12,18,21,23H,6-7,13-16H2,(H,26,27)/t18-,21-,23+/m0/s1. The number of hydrogen-bond acceptors (Lipinski definition) is 5. The predicted molar refractivity (Wildman–Crippen MR) is 112 cm³/mol. The molecule has 4 heterocycles. The van der Waals surface area contributed by atoms with E-state index in [1.165, 1.54) is 5.56 Å². The van der Waals surface area contributed by atoms with Crippen LogP contribution in [0.4, 0.5) is 0 Å². The fourth-order valence-electron chi connectivity index (χ4n) is 5.05. The van der Waals surface area contributed by atoms with Gasteiger partial charge in [-0.25, -0.2) is 0 Å². The Morgan fingerprint density at radius 1 is 1.07 bits per heavy atom. The maximum absolute atomic E-state index is 13.2. The van der Waals surface area contributed by atoms with Gasteiger partial charge < -0.3 is 4.90 Å². The number of aryl methyl sites for hydroxylation is 1. The Kier molecular flexibility index (Phi) is 5.27. The Morgan fingerprint density at radius 3 is 2.73 bits per heavy atom. The van der Waals surface area contributed by atoms with E-state index < -0.39 is 0 Å². The van der Waals surface area contributed by atoms with Crippen LogP contribution in [0.2, 0.25) is 0 Å². The van der Waals surface area contributed by atoms with Crippen molar-refractivity contribution >= 4 is 5.91 Å². The smallest absolute Gasteiger partial charge is 0.223 e. The summed E-state index contributed by atoms with van der Waals surface area (Å²) in [5.41, 5.74) is 3.25. The second kappa shape index (κ2) is 8.36. The normalized spacial score (nSPS) is 23.6. The molecule has 5 rings (SSSR count). The van der Waals surface area contributed by atoms with Gasteiger partial charge in [0.1, 0.15) is 0 Å². The van der Waals surface area contributed by atoms with Crippen LogP contribution in [0.15, 0.2) is 61.2 Å². The van der Waals surface area contributed by atoms with Crippen LogP contribution in [-0.2, 0) is 17.8 Å². The molecule has 2 aliphatic rings. The molecule has 2 fully saturated rings. The molecule has 2 saturated heterocycles. The van der Waals surface area contributed by atoms with Gasteiger partial charge in [-0.3, -0.25) is 24.8 Å². The first-order valence-corrected chi connectivity index (χ1v) is 10.6. The van der Waals surface area contributed by atoms with Gasteiger partial charge >= 0.3 is 0 Å². The van der Waals surface area contributed by atoms with E-state index in [9.17, 15) is 4.79 Å². The zero-order valence-corrected chi connectivity index (χ0v) is 16.9. The first-order valence-electron chi connectivity index (χ1n) is 10.6. The Balaban J connectivity index is 1.32. The third-order valence-electron chi connectivity index (χ3n) is 6.37.